The minimum atomic E-state index is 0.291. The summed E-state index contributed by atoms with van der Waals surface area (Å²) >= 11 is 3.38. The van der Waals surface area contributed by atoms with E-state index in [1.54, 1.807) is 24.3 Å². The number of aromatic nitrogens is 2. The first-order chi connectivity index (χ1) is 10.1. The van der Waals surface area contributed by atoms with Crippen molar-refractivity contribution in [3.05, 3.63) is 40.1 Å². The molecule has 1 heterocycles. The number of halogens is 1. The van der Waals surface area contributed by atoms with Gasteiger partial charge in [0, 0.05) is 17.1 Å². The number of nitrogens with zero attached hydrogens (tertiary/aromatic N) is 3. The van der Waals surface area contributed by atoms with Crippen molar-refractivity contribution >= 4 is 33.3 Å². The van der Waals surface area contributed by atoms with Gasteiger partial charge in [-0.25, -0.2) is 9.97 Å². The predicted octanol–water partition coefficient (Wildman–Crippen LogP) is 2.97. The molecule has 0 aliphatic carbocycles. The number of hydrogen-bond acceptors (Lipinski definition) is 6. The number of anilines is 3. The smallest absolute Gasteiger partial charge is 0.158 e. The maximum absolute atomic E-state index is 9.13. The van der Waals surface area contributed by atoms with Gasteiger partial charge in [0.2, 0.25) is 0 Å². The maximum atomic E-state index is 9.13. The van der Waals surface area contributed by atoms with Gasteiger partial charge in [-0.3, -0.25) is 0 Å². The first-order valence-electron chi connectivity index (χ1n) is 6.30. The number of ether oxygens (including phenoxy) is 1. The second-order valence-corrected chi connectivity index (χ2v) is 5.07. The van der Waals surface area contributed by atoms with E-state index < -0.39 is 0 Å². The Morgan fingerprint density at radius 2 is 2.19 bits per heavy atom. The van der Waals surface area contributed by atoms with Crippen molar-refractivity contribution in [3.8, 4) is 6.07 Å². The van der Waals surface area contributed by atoms with Crippen LogP contribution < -0.4 is 11.1 Å². The summed E-state index contributed by atoms with van der Waals surface area (Å²) in [7, 11) is 0. The molecule has 6 nitrogen and oxygen atoms in total. The second kappa shape index (κ2) is 7.02. The first-order valence-corrected chi connectivity index (χ1v) is 7.09. The maximum Gasteiger partial charge on any atom is 0.158 e. The van der Waals surface area contributed by atoms with Gasteiger partial charge >= 0.3 is 0 Å². The van der Waals surface area contributed by atoms with E-state index in [1.807, 2.05) is 6.92 Å². The lowest BCUT2D eigenvalue weighted by molar-refractivity contribution is 0.128. The molecule has 0 bridgehead atoms. The fourth-order valence-electron chi connectivity index (χ4n) is 1.69. The van der Waals surface area contributed by atoms with Gasteiger partial charge in [0.15, 0.2) is 5.82 Å². The van der Waals surface area contributed by atoms with Crippen LogP contribution in [0, 0.1) is 11.3 Å². The number of nitrogens with two attached hydrogens (primary N) is 1. The molecule has 0 saturated carbocycles. The summed E-state index contributed by atoms with van der Waals surface area (Å²) < 4.78 is 6.14. The van der Waals surface area contributed by atoms with E-state index in [0.29, 0.717) is 41.9 Å². The molecule has 2 rings (SSSR count). The highest BCUT2D eigenvalue weighted by atomic mass is 79.9. The number of rotatable bonds is 5. The molecule has 0 aliphatic rings. The number of nitriles is 1. The Morgan fingerprint density at radius 3 is 2.90 bits per heavy atom. The van der Waals surface area contributed by atoms with Crippen molar-refractivity contribution in [3.63, 3.8) is 0 Å². The Balaban J connectivity index is 2.29. The molecule has 0 aliphatic heterocycles. The van der Waals surface area contributed by atoms with Crippen LogP contribution >= 0.6 is 15.9 Å². The van der Waals surface area contributed by atoms with E-state index in [4.69, 9.17) is 15.7 Å². The molecule has 0 amide bonds. The predicted molar refractivity (Wildman–Crippen MR) is 83.9 cm³/mol. The van der Waals surface area contributed by atoms with Crippen LogP contribution in [0.1, 0.15) is 18.3 Å². The molecular formula is C14H14BrN5O. The summed E-state index contributed by atoms with van der Waals surface area (Å²) in [5, 5.41) is 12.2. The molecular weight excluding hydrogens is 334 g/mol. The standard InChI is InChI=1S/C14H14BrN5O/c1-2-21-8-14-19-12(17)6-13(20-14)18-11-5-10(15)4-3-9(11)7-16/h3-6H,2,8H2,1H3,(H3,17,18,19,20). The topological polar surface area (TPSA) is 96.9 Å². The number of hydrogen-bond donors (Lipinski definition) is 2. The molecule has 0 radical (unpaired) electrons. The van der Waals surface area contributed by atoms with E-state index in [2.05, 4.69) is 37.3 Å². The molecule has 1 aromatic heterocycles. The molecule has 0 atom stereocenters. The van der Waals surface area contributed by atoms with Crippen LogP contribution in [0.2, 0.25) is 0 Å². The van der Waals surface area contributed by atoms with Crippen LogP contribution in [0.5, 0.6) is 0 Å². The molecule has 21 heavy (non-hydrogen) atoms. The van der Waals surface area contributed by atoms with Crippen molar-refractivity contribution in [1.82, 2.24) is 9.97 Å². The summed E-state index contributed by atoms with van der Waals surface area (Å²) in [6, 6.07) is 9.06. The molecule has 3 N–H and O–H groups in total. The van der Waals surface area contributed by atoms with Crippen molar-refractivity contribution in [1.29, 1.82) is 5.26 Å². The van der Waals surface area contributed by atoms with E-state index in [9.17, 15) is 0 Å². The van der Waals surface area contributed by atoms with Gasteiger partial charge in [0.1, 0.15) is 24.3 Å². The quantitative estimate of drug-likeness (QED) is 0.862. The molecule has 7 heteroatoms. The number of nitrogen functional groups attached to an aromatic ring is 1. The molecule has 0 fully saturated rings. The fourth-order valence-corrected chi connectivity index (χ4v) is 2.06. The zero-order valence-corrected chi connectivity index (χ0v) is 13.0. The van der Waals surface area contributed by atoms with Crippen molar-refractivity contribution in [2.75, 3.05) is 17.7 Å². The Hall–Kier alpha value is -2.17. The van der Waals surface area contributed by atoms with Crippen LogP contribution in [-0.2, 0) is 11.3 Å². The zero-order chi connectivity index (χ0) is 15.2. The Bertz CT molecular complexity index is 684. The zero-order valence-electron chi connectivity index (χ0n) is 11.4. The van der Waals surface area contributed by atoms with Gasteiger partial charge in [-0.05, 0) is 25.1 Å². The Labute approximate surface area is 131 Å². The monoisotopic (exact) mass is 347 g/mol. The van der Waals surface area contributed by atoms with Crippen molar-refractivity contribution in [2.45, 2.75) is 13.5 Å². The van der Waals surface area contributed by atoms with Crippen LogP contribution in [0.25, 0.3) is 0 Å². The lowest BCUT2D eigenvalue weighted by Crippen LogP contribution is -2.05. The van der Waals surface area contributed by atoms with E-state index >= 15 is 0 Å². The summed E-state index contributed by atoms with van der Waals surface area (Å²) in [5.41, 5.74) is 6.93. The van der Waals surface area contributed by atoms with Gasteiger partial charge < -0.3 is 15.8 Å². The normalized spacial score (nSPS) is 10.1. The van der Waals surface area contributed by atoms with Crippen molar-refractivity contribution < 1.29 is 4.74 Å². The molecule has 108 valence electrons. The van der Waals surface area contributed by atoms with E-state index in [-0.39, 0.29) is 0 Å². The van der Waals surface area contributed by atoms with Gasteiger partial charge in [-0.15, -0.1) is 0 Å². The molecule has 1 aromatic carbocycles. The van der Waals surface area contributed by atoms with E-state index in [0.717, 1.165) is 4.47 Å². The third-order valence-corrected chi connectivity index (χ3v) is 3.09. The summed E-state index contributed by atoms with van der Waals surface area (Å²) in [5.74, 6) is 1.36. The van der Waals surface area contributed by atoms with E-state index in [1.165, 1.54) is 0 Å². The summed E-state index contributed by atoms with van der Waals surface area (Å²) in [6.07, 6.45) is 0. The molecule has 2 aromatic rings. The van der Waals surface area contributed by atoms with Crippen LogP contribution in [0.3, 0.4) is 0 Å². The number of benzene rings is 1. The highest BCUT2D eigenvalue weighted by molar-refractivity contribution is 9.10. The first kappa shape index (κ1) is 15.2. The third kappa shape index (κ3) is 4.15. The summed E-state index contributed by atoms with van der Waals surface area (Å²) in [6.45, 7) is 2.76. The average molecular weight is 348 g/mol. The highest BCUT2D eigenvalue weighted by Crippen LogP contribution is 2.24. The minimum Gasteiger partial charge on any atom is -0.384 e. The average Bonchev–Trinajstić information content (AvgIpc) is 2.45. The molecule has 0 saturated heterocycles. The van der Waals surface area contributed by atoms with Gasteiger partial charge in [0.05, 0.1) is 11.3 Å². The van der Waals surface area contributed by atoms with Crippen LogP contribution in [0.4, 0.5) is 17.3 Å². The van der Waals surface area contributed by atoms with Crippen LogP contribution in [0.15, 0.2) is 28.7 Å². The van der Waals surface area contributed by atoms with Gasteiger partial charge in [0.25, 0.3) is 0 Å². The molecule has 0 unspecified atom stereocenters. The highest BCUT2D eigenvalue weighted by Gasteiger charge is 2.07. The lowest BCUT2D eigenvalue weighted by atomic mass is 10.2. The fraction of sp³-hybridized carbons (Fsp3) is 0.214. The third-order valence-electron chi connectivity index (χ3n) is 2.59. The minimum absolute atomic E-state index is 0.291. The van der Waals surface area contributed by atoms with Crippen molar-refractivity contribution in [2.24, 2.45) is 0 Å². The van der Waals surface area contributed by atoms with Crippen LogP contribution in [-0.4, -0.2) is 16.6 Å². The van der Waals surface area contributed by atoms with Gasteiger partial charge in [-0.1, -0.05) is 15.9 Å². The SMILES string of the molecule is CCOCc1nc(N)cc(Nc2cc(Br)ccc2C#N)n1. The van der Waals surface area contributed by atoms with Gasteiger partial charge in [-0.2, -0.15) is 5.26 Å². The summed E-state index contributed by atoms with van der Waals surface area (Å²) in [4.78, 5) is 8.42. The largest absolute Gasteiger partial charge is 0.384 e. The molecule has 0 spiro atoms. The lowest BCUT2D eigenvalue weighted by Gasteiger charge is -2.10. The Morgan fingerprint density at radius 1 is 1.38 bits per heavy atom. The second-order valence-electron chi connectivity index (χ2n) is 4.16. The number of nitrogens with one attached hydrogen (secondary N) is 1. The Kier molecular flexibility index (Phi) is 5.09.